The van der Waals surface area contributed by atoms with E-state index >= 15 is 0 Å². The fraction of sp³-hybridized carbons (Fsp3) is 0.650. The Balaban J connectivity index is 0.00000225. The predicted molar refractivity (Wildman–Crippen MR) is 115 cm³/mol. The predicted octanol–water partition coefficient (Wildman–Crippen LogP) is 4.05. The molecule has 0 bridgehead atoms. The van der Waals surface area contributed by atoms with E-state index in [1.165, 1.54) is 36.8 Å². The van der Waals surface area contributed by atoms with Crippen molar-refractivity contribution in [1.29, 1.82) is 0 Å². The Morgan fingerprint density at radius 3 is 2.60 bits per heavy atom. The lowest BCUT2D eigenvalue weighted by Crippen LogP contribution is -2.42. The van der Waals surface area contributed by atoms with Crippen LogP contribution in [0.4, 0.5) is 0 Å². The summed E-state index contributed by atoms with van der Waals surface area (Å²) >= 11 is 0. The Labute approximate surface area is 169 Å². The number of aliphatic imine (C=N–C) groups is 1. The Bertz CT molecular complexity index is 542. The SMILES string of the molecule is CN=C(NCCC1CC1)NCC1CCCOC1c1ccc(C)cc1.I. The Kier molecular flexibility index (Phi) is 8.49. The maximum atomic E-state index is 6.10. The molecule has 2 N–H and O–H groups in total. The highest BCUT2D eigenvalue weighted by Gasteiger charge is 2.27. The molecule has 3 rings (SSSR count). The number of guanidine groups is 1. The lowest BCUT2D eigenvalue weighted by atomic mass is 9.89. The van der Waals surface area contributed by atoms with Crippen LogP contribution in [0.25, 0.3) is 0 Å². The van der Waals surface area contributed by atoms with Gasteiger partial charge in [-0.15, -0.1) is 24.0 Å². The molecule has 2 fully saturated rings. The highest BCUT2D eigenvalue weighted by Crippen LogP contribution is 2.33. The summed E-state index contributed by atoms with van der Waals surface area (Å²) in [6.07, 6.45) is 6.61. The van der Waals surface area contributed by atoms with E-state index in [0.29, 0.717) is 5.92 Å². The minimum atomic E-state index is 0. The van der Waals surface area contributed by atoms with Crippen molar-refractivity contribution in [2.45, 2.75) is 45.1 Å². The summed E-state index contributed by atoms with van der Waals surface area (Å²) in [6.45, 7) is 4.92. The Morgan fingerprint density at radius 2 is 1.92 bits per heavy atom. The number of nitrogens with one attached hydrogen (secondary N) is 2. The summed E-state index contributed by atoms with van der Waals surface area (Å²) in [5.41, 5.74) is 2.59. The molecule has 1 heterocycles. The molecule has 0 aromatic heterocycles. The molecule has 25 heavy (non-hydrogen) atoms. The first-order valence-corrected chi connectivity index (χ1v) is 9.39. The minimum absolute atomic E-state index is 0. The molecule has 0 spiro atoms. The second-order valence-corrected chi connectivity index (χ2v) is 7.22. The molecular weight excluding hydrogens is 425 g/mol. The van der Waals surface area contributed by atoms with Gasteiger partial charge in [0.05, 0.1) is 6.10 Å². The van der Waals surface area contributed by atoms with Crippen molar-refractivity contribution in [1.82, 2.24) is 10.6 Å². The second kappa shape index (κ2) is 10.4. The van der Waals surface area contributed by atoms with Crippen LogP contribution in [0.1, 0.15) is 49.3 Å². The number of aryl methyl sites for hydroxylation is 1. The van der Waals surface area contributed by atoms with Gasteiger partial charge in [0.25, 0.3) is 0 Å². The molecule has 1 aliphatic carbocycles. The maximum Gasteiger partial charge on any atom is 0.190 e. The maximum absolute atomic E-state index is 6.10. The first-order valence-electron chi connectivity index (χ1n) is 9.39. The summed E-state index contributed by atoms with van der Waals surface area (Å²) in [5, 5.41) is 6.94. The molecule has 1 saturated heterocycles. The molecule has 1 saturated carbocycles. The molecule has 2 aliphatic rings. The van der Waals surface area contributed by atoms with E-state index in [1.54, 1.807) is 0 Å². The van der Waals surface area contributed by atoms with Gasteiger partial charge in [-0.05, 0) is 37.7 Å². The number of benzene rings is 1. The van der Waals surface area contributed by atoms with E-state index < -0.39 is 0 Å². The van der Waals surface area contributed by atoms with Crippen molar-refractivity contribution in [2.24, 2.45) is 16.8 Å². The number of ether oxygens (including phenoxy) is 1. The van der Waals surface area contributed by atoms with Crippen LogP contribution in [-0.4, -0.2) is 32.7 Å². The van der Waals surface area contributed by atoms with Gasteiger partial charge in [0.2, 0.25) is 0 Å². The van der Waals surface area contributed by atoms with Crippen molar-refractivity contribution in [3.63, 3.8) is 0 Å². The van der Waals surface area contributed by atoms with Crippen LogP contribution >= 0.6 is 24.0 Å². The smallest absolute Gasteiger partial charge is 0.190 e. The number of halogens is 1. The molecule has 140 valence electrons. The topological polar surface area (TPSA) is 45.7 Å². The number of nitrogens with zero attached hydrogens (tertiary/aromatic N) is 1. The van der Waals surface area contributed by atoms with Gasteiger partial charge in [0, 0.05) is 32.7 Å². The second-order valence-electron chi connectivity index (χ2n) is 7.22. The lowest BCUT2D eigenvalue weighted by Gasteiger charge is -2.32. The molecule has 0 amide bonds. The van der Waals surface area contributed by atoms with Gasteiger partial charge >= 0.3 is 0 Å². The van der Waals surface area contributed by atoms with Crippen LogP contribution in [-0.2, 0) is 4.74 Å². The van der Waals surface area contributed by atoms with E-state index in [0.717, 1.165) is 38.0 Å². The zero-order valence-electron chi connectivity index (χ0n) is 15.5. The molecule has 2 atom stereocenters. The molecule has 5 heteroatoms. The van der Waals surface area contributed by atoms with Gasteiger partial charge in [-0.2, -0.15) is 0 Å². The molecule has 1 aliphatic heterocycles. The normalized spacial score (nSPS) is 23.7. The zero-order valence-corrected chi connectivity index (χ0v) is 17.8. The summed E-state index contributed by atoms with van der Waals surface area (Å²) < 4.78 is 6.10. The van der Waals surface area contributed by atoms with Crippen molar-refractivity contribution in [3.8, 4) is 0 Å². The van der Waals surface area contributed by atoms with Gasteiger partial charge in [-0.25, -0.2) is 0 Å². The number of hydrogen-bond donors (Lipinski definition) is 2. The van der Waals surface area contributed by atoms with Crippen molar-refractivity contribution >= 4 is 29.9 Å². The largest absolute Gasteiger partial charge is 0.373 e. The van der Waals surface area contributed by atoms with Crippen LogP contribution in [0.15, 0.2) is 29.3 Å². The lowest BCUT2D eigenvalue weighted by molar-refractivity contribution is -0.0265. The first-order chi connectivity index (χ1) is 11.8. The van der Waals surface area contributed by atoms with Gasteiger partial charge in [0.15, 0.2) is 5.96 Å². The fourth-order valence-corrected chi connectivity index (χ4v) is 3.43. The van der Waals surface area contributed by atoms with Gasteiger partial charge in [-0.3, -0.25) is 4.99 Å². The zero-order chi connectivity index (χ0) is 16.8. The third-order valence-electron chi connectivity index (χ3n) is 5.15. The molecule has 4 nitrogen and oxygen atoms in total. The number of rotatable bonds is 6. The van der Waals surface area contributed by atoms with Crippen LogP contribution in [0.2, 0.25) is 0 Å². The van der Waals surface area contributed by atoms with Crippen molar-refractivity contribution in [3.05, 3.63) is 35.4 Å². The quantitative estimate of drug-likeness (QED) is 0.385. The van der Waals surface area contributed by atoms with E-state index in [1.807, 2.05) is 7.05 Å². The van der Waals surface area contributed by atoms with Gasteiger partial charge in [0.1, 0.15) is 0 Å². The van der Waals surface area contributed by atoms with E-state index in [4.69, 9.17) is 4.74 Å². The molecule has 2 unspecified atom stereocenters. The third-order valence-corrected chi connectivity index (χ3v) is 5.15. The van der Waals surface area contributed by atoms with Crippen molar-refractivity contribution in [2.75, 3.05) is 26.7 Å². The minimum Gasteiger partial charge on any atom is -0.373 e. The van der Waals surface area contributed by atoms with Crippen LogP contribution in [0.5, 0.6) is 0 Å². The Morgan fingerprint density at radius 1 is 1.16 bits per heavy atom. The van der Waals surface area contributed by atoms with Crippen molar-refractivity contribution < 1.29 is 4.74 Å². The first kappa shape index (κ1) is 20.5. The molecular formula is C20H32IN3O. The van der Waals surface area contributed by atoms with Crippen LogP contribution < -0.4 is 10.6 Å². The van der Waals surface area contributed by atoms with E-state index in [-0.39, 0.29) is 30.1 Å². The van der Waals surface area contributed by atoms with Crippen LogP contribution in [0.3, 0.4) is 0 Å². The molecule has 1 aromatic rings. The fourth-order valence-electron chi connectivity index (χ4n) is 3.43. The Hall–Kier alpha value is -0.820. The molecule has 1 aromatic carbocycles. The summed E-state index contributed by atoms with van der Waals surface area (Å²) in [4.78, 5) is 4.35. The van der Waals surface area contributed by atoms with Gasteiger partial charge < -0.3 is 15.4 Å². The van der Waals surface area contributed by atoms with E-state index in [2.05, 4.69) is 46.8 Å². The summed E-state index contributed by atoms with van der Waals surface area (Å²) in [7, 11) is 1.85. The third kappa shape index (κ3) is 6.44. The average Bonchev–Trinajstić information content (AvgIpc) is 3.43. The summed E-state index contributed by atoms with van der Waals surface area (Å²) in [6, 6.07) is 8.77. The standard InChI is InChI=1S/C20H31N3O.HI/c1-15-5-9-17(10-6-15)19-18(4-3-13-24-19)14-23-20(21-2)22-12-11-16-7-8-16;/h5-6,9-10,16,18-19H,3-4,7-8,11-14H2,1-2H3,(H2,21,22,23);1H. The summed E-state index contributed by atoms with van der Waals surface area (Å²) in [5.74, 6) is 2.36. The highest BCUT2D eigenvalue weighted by molar-refractivity contribution is 14.0. The molecule has 0 radical (unpaired) electrons. The number of hydrogen-bond acceptors (Lipinski definition) is 2. The van der Waals surface area contributed by atoms with Gasteiger partial charge in [-0.1, -0.05) is 42.7 Å². The monoisotopic (exact) mass is 457 g/mol. The van der Waals surface area contributed by atoms with E-state index in [9.17, 15) is 0 Å². The highest BCUT2D eigenvalue weighted by atomic mass is 127. The average molecular weight is 457 g/mol. The van der Waals surface area contributed by atoms with Crippen LogP contribution in [0, 0.1) is 18.8 Å².